The number of aromatic nitrogens is 3. The number of rotatable bonds is 5. The van der Waals surface area contributed by atoms with E-state index in [9.17, 15) is 4.79 Å². The van der Waals surface area contributed by atoms with Gasteiger partial charge in [-0.25, -0.2) is 9.50 Å². The zero-order valence-electron chi connectivity index (χ0n) is 14.6. The molecule has 1 unspecified atom stereocenters. The van der Waals surface area contributed by atoms with Gasteiger partial charge in [0.15, 0.2) is 5.65 Å². The predicted octanol–water partition coefficient (Wildman–Crippen LogP) is 2.35. The van der Waals surface area contributed by atoms with Crippen molar-refractivity contribution in [2.45, 2.75) is 38.8 Å². The molecule has 6 nitrogen and oxygen atoms in total. The number of fused-ring (bicyclic) bond motifs is 1. The van der Waals surface area contributed by atoms with Gasteiger partial charge in [0.1, 0.15) is 11.6 Å². The van der Waals surface area contributed by atoms with Crippen LogP contribution >= 0.6 is 0 Å². The van der Waals surface area contributed by atoms with Crippen LogP contribution in [0.3, 0.4) is 0 Å². The van der Waals surface area contributed by atoms with Crippen LogP contribution in [0.1, 0.15) is 37.6 Å². The predicted molar refractivity (Wildman–Crippen MR) is 96.3 cm³/mol. The molecule has 6 heteroatoms. The SMILES string of the molecule is CC(NCc1cc(=O)n2[nH]cc(C#N)c2n1)C(C)(C)c1ccccc1. The molecule has 3 aromatic rings. The van der Waals surface area contributed by atoms with E-state index in [0.29, 0.717) is 23.4 Å². The van der Waals surface area contributed by atoms with Gasteiger partial charge in [-0.15, -0.1) is 0 Å². The minimum atomic E-state index is -0.224. The fourth-order valence-corrected chi connectivity index (χ4v) is 2.83. The highest BCUT2D eigenvalue weighted by Crippen LogP contribution is 2.26. The summed E-state index contributed by atoms with van der Waals surface area (Å²) in [6.45, 7) is 6.95. The summed E-state index contributed by atoms with van der Waals surface area (Å²) in [5.41, 5.74) is 2.29. The number of hydrogen-bond donors (Lipinski definition) is 2. The average Bonchev–Trinajstić information content (AvgIpc) is 3.04. The third kappa shape index (κ3) is 3.19. The summed E-state index contributed by atoms with van der Waals surface area (Å²) in [5.74, 6) is 0. The second-order valence-corrected chi connectivity index (χ2v) is 6.73. The molecule has 0 aliphatic rings. The molecule has 2 aromatic heterocycles. The molecule has 0 aliphatic carbocycles. The van der Waals surface area contributed by atoms with Crippen LogP contribution in [0.25, 0.3) is 5.65 Å². The summed E-state index contributed by atoms with van der Waals surface area (Å²) < 4.78 is 1.28. The van der Waals surface area contributed by atoms with Gasteiger partial charge >= 0.3 is 0 Å². The Morgan fingerprint density at radius 1 is 1.36 bits per heavy atom. The standard InChI is InChI=1S/C19H21N5O/c1-13(19(2,3)15-7-5-4-6-8-15)21-12-16-9-17(25)24-18(23-16)14(10-20)11-22-24/h4-9,11,13,21-22H,12H2,1-3H3. The van der Waals surface area contributed by atoms with Crippen molar-refractivity contribution in [3.63, 3.8) is 0 Å². The Bertz CT molecular complexity index is 978. The van der Waals surface area contributed by atoms with E-state index in [0.717, 1.165) is 0 Å². The van der Waals surface area contributed by atoms with Crippen LogP contribution in [0.2, 0.25) is 0 Å². The van der Waals surface area contributed by atoms with E-state index in [-0.39, 0.29) is 17.0 Å². The molecule has 0 aliphatic heterocycles. The van der Waals surface area contributed by atoms with E-state index in [1.165, 1.54) is 22.3 Å². The van der Waals surface area contributed by atoms with E-state index in [1.807, 2.05) is 24.3 Å². The van der Waals surface area contributed by atoms with Crippen LogP contribution in [0.5, 0.6) is 0 Å². The quantitative estimate of drug-likeness (QED) is 0.749. The van der Waals surface area contributed by atoms with Crippen molar-refractivity contribution in [3.05, 3.63) is 69.8 Å². The molecular weight excluding hydrogens is 314 g/mol. The molecule has 128 valence electrons. The second kappa shape index (κ2) is 6.54. The monoisotopic (exact) mass is 335 g/mol. The lowest BCUT2D eigenvalue weighted by molar-refractivity contribution is 0.359. The first-order valence-corrected chi connectivity index (χ1v) is 8.22. The van der Waals surface area contributed by atoms with E-state index < -0.39 is 0 Å². The van der Waals surface area contributed by atoms with Crippen molar-refractivity contribution in [1.29, 1.82) is 5.26 Å². The Hall–Kier alpha value is -2.91. The van der Waals surface area contributed by atoms with Crippen molar-refractivity contribution in [3.8, 4) is 6.07 Å². The van der Waals surface area contributed by atoms with Gasteiger partial charge < -0.3 is 5.32 Å². The first kappa shape index (κ1) is 16.9. The first-order chi connectivity index (χ1) is 11.9. The van der Waals surface area contributed by atoms with Crippen LogP contribution in [-0.4, -0.2) is 20.6 Å². The number of hydrogen-bond acceptors (Lipinski definition) is 4. The highest BCUT2D eigenvalue weighted by Gasteiger charge is 2.27. The average molecular weight is 335 g/mol. The third-order valence-electron chi connectivity index (χ3n) is 4.86. The summed E-state index contributed by atoms with van der Waals surface area (Å²) >= 11 is 0. The Labute approximate surface area is 146 Å². The number of nitrogens with one attached hydrogen (secondary N) is 2. The van der Waals surface area contributed by atoms with Crippen LogP contribution < -0.4 is 10.9 Å². The van der Waals surface area contributed by atoms with Gasteiger partial charge in [-0.3, -0.25) is 9.89 Å². The summed E-state index contributed by atoms with van der Waals surface area (Å²) in [4.78, 5) is 16.6. The molecule has 2 N–H and O–H groups in total. The van der Waals surface area contributed by atoms with Crippen LogP contribution in [0, 0.1) is 11.3 Å². The lowest BCUT2D eigenvalue weighted by Gasteiger charge is -2.33. The Morgan fingerprint density at radius 2 is 2.08 bits per heavy atom. The second-order valence-electron chi connectivity index (χ2n) is 6.73. The van der Waals surface area contributed by atoms with Crippen molar-refractivity contribution in [2.24, 2.45) is 0 Å². The molecule has 2 heterocycles. The maximum atomic E-state index is 12.1. The smallest absolute Gasteiger partial charge is 0.272 e. The van der Waals surface area contributed by atoms with Gasteiger partial charge in [-0.2, -0.15) is 5.26 Å². The van der Waals surface area contributed by atoms with E-state index in [2.05, 4.69) is 48.3 Å². The highest BCUT2D eigenvalue weighted by atomic mass is 16.1. The summed E-state index contributed by atoms with van der Waals surface area (Å²) in [5, 5.41) is 15.3. The summed E-state index contributed by atoms with van der Waals surface area (Å²) in [6, 6.07) is 14.0. The molecule has 0 spiro atoms. The lowest BCUT2D eigenvalue weighted by Crippen LogP contribution is -2.42. The van der Waals surface area contributed by atoms with Crippen LogP contribution in [0.15, 0.2) is 47.4 Å². The maximum Gasteiger partial charge on any atom is 0.272 e. The number of nitriles is 1. The molecule has 1 aromatic carbocycles. The first-order valence-electron chi connectivity index (χ1n) is 8.22. The molecule has 25 heavy (non-hydrogen) atoms. The minimum absolute atomic E-state index is 0.0771. The molecule has 0 radical (unpaired) electrons. The number of H-pyrrole nitrogens is 1. The van der Waals surface area contributed by atoms with Crippen molar-refractivity contribution in [2.75, 3.05) is 0 Å². The Kier molecular flexibility index (Phi) is 4.43. The van der Waals surface area contributed by atoms with Gasteiger partial charge in [-0.05, 0) is 12.5 Å². The van der Waals surface area contributed by atoms with Crippen molar-refractivity contribution in [1.82, 2.24) is 19.9 Å². The van der Waals surface area contributed by atoms with Gasteiger partial charge in [0, 0.05) is 30.3 Å². The Balaban J connectivity index is 1.80. The Morgan fingerprint density at radius 3 is 2.76 bits per heavy atom. The third-order valence-corrected chi connectivity index (χ3v) is 4.86. The van der Waals surface area contributed by atoms with Crippen LogP contribution in [-0.2, 0) is 12.0 Å². The molecule has 0 fully saturated rings. The number of benzene rings is 1. The van der Waals surface area contributed by atoms with Gasteiger partial charge in [0.2, 0.25) is 0 Å². The summed E-state index contributed by atoms with van der Waals surface area (Å²) in [7, 11) is 0. The van der Waals surface area contributed by atoms with E-state index in [4.69, 9.17) is 5.26 Å². The summed E-state index contributed by atoms with van der Waals surface area (Å²) in [6.07, 6.45) is 1.49. The van der Waals surface area contributed by atoms with Crippen molar-refractivity contribution < 1.29 is 0 Å². The van der Waals surface area contributed by atoms with Gasteiger partial charge in [0.25, 0.3) is 5.56 Å². The minimum Gasteiger partial charge on any atom is -0.308 e. The zero-order chi connectivity index (χ0) is 18.0. The molecule has 0 saturated heterocycles. The zero-order valence-corrected chi connectivity index (χ0v) is 14.6. The van der Waals surface area contributed by atoms with Crippen LogP contribution in [0.4, 0.5) is 0 Å². The fourth-order valence-electron chi connectivity index (χ4n) is 2.83. The molecule has 0 bridgehead atoms. The van der Waals surface area contributed by atoms with E-state index in [1.54, 1.807) is 0 Å². The molecular formula is C19H21N5O. The maximum absolute atomic E-state index is 12.1. The lowest BCUT2D eigenvalue weighted by atomic mass is 9.78. The molecule has 0 saturated carbocycles. The highest BCUT2D eigenvalue weighted by molar-refractivity contribution is 5.53. The topological polar surface area (TPSA) is 86.0 Å². The van der Waals surface area contributed by atoms with E-state index >= 15 is 0 Å². The largest absolute Gasteiger partial charge is 0.308 e. The van der Waals surface area contributed by atoms with Crippen molar-refractivity contribution >= 4 is 5.65 Å². The molecule has 1 atom stereocenters. The molecule has 3 rings (SSSR count). The normalized spacial score (nSPS) is 12.9. The number of nitrogens with zero attached hydrogens (tertiary/aromatic N) is 3. The molecule has 0 amide bonds. The fraction of sp³-hybridized carbons (Fsp3) is 0.316. The van der Waals surface area contributed by atoms with Gasteiger partial charge in [0.05, 0.1) is 5.69 Å². The van der Waals surface area contributed by atoms with Gasteiger partial charge in [-0.1, -0.05) is 44.2 Å². The number of aromatic amines is 1.